The Balaban J connectivity index is 1.94. The van der Waals surface area contributed by atoms with E-state index in [1.807, 2.05) is 38.1 Å². The van der Waals surface area contributed by atoms with Crippen LogP contribution in [0.1, 0.15) is 30.2 Å². The summed E-state index contributed by atoms with van der Waals surface area (Å²) in [5.41, 5.74) is 5.59. The standard InChI is InChI=1S/C18H23BrN2O3/c1-18(2,11-20)12-21(3)17(22)16-9-8-15(24-16)10-23-14-6-4-13(19)5-7-14/h4-9H,10-12,20H2,1-3H3. The lowest BCUT2D eigenvalue weighted by atomic mass is 9.93. The van der Waals surface area contributed by atoms with Crippen LogP contribution in [0.2, 0.25) is 0 Å². The molecule has 0 aliphatic carbocycles. The van der Waals surface area contributed by atoms with Gasteiger partial charge in [-0.1, -0.05) is 29.8 Å². The summed E-state index contributed by atoms with van der Waals surface area (Å²) in [5, 5.41) is 0. The van der Waals surface area contributed by atoms with Gasteiger partial charge in [-0.25, -0.2) is 0 Å². The third-order valence-corrected chi connectivity index (χ3v) is 4.16. The van der Waals surface area contributed by atoms with Crippen LogP contribution in [0, 0.1) is 5.41 Å². The van der Waals surface area contributed by atoms with E-state index in [1.165, 1.54) is 0 Å². The van der Waals surface area contributed by atoms with Crippen molar-refractivity contribution in [3.05, 3.63) is 52.4 Å². The monoisotopic (exact) mass is 394 g/mol. The molecule has 0 fully saturated rings. The average molecular weight is 395 g/mol. The largest absolute Gasteiger partial charge is 0.486 e. The van der Waals surface area contributed by atoms with Gasteiger partial charge >= 0.3 is 0 Å². The zero-order valence-corrected chi connectivity index (χ0v) is 15.8. The van der Waals surface area contributed by atoms with E-state index < -0.39 is 0 Å². The normalized spacial score (nSPS) is 11.4. The van der Waals surface area contributed by atoms with Crippen LogP contribution in [0.5, 0.6) is 5.75 Å². The first-order chi connectivity index (χ1) is 11.3. The number of hydrogen-bond donors (Lipinski definition) is 1. The molecular formula is C18H23BrN2O3. The first kappa shape index (κ1) is 18.5. The molecule has 5 nitrogen and oxygen atoms in total. The van der Waals surface area contributed by atoms with E-state index in [0.717, 1.165) is 10.2 Å². The van der Waals surface area contributed by atoms with Gasteiger partial charge in [0.1, 0.15) is 18.1 Å². The molecule has 1 heterocycles. The van der Waals surface area contributed by atoms with Crippen LogP contribution in [0.15, 0.2) is 45.3 Å². The maximum Gasteiger partial charge on any atom is 0.289 e. The Kier molecular flexibility index (Phi) is 6.07. The lowest BCUT2D eigenvalue weighted by Gasteiger charge is -2.28. The molecule has 2 aromatic rings. The van der Waals surface area contributed by atoms with Crippen LogP contribution in [0.4, 0.5) is 0 Å². The van der Waals surface area contributed by atoms with Crippen molar-refractivity contribution in [3.63, 3.8) is 0 Å². The van der Waals surface area contributed by atoms with Crippen molar-refractivity contribution < 1.29 is 13.9 Å². The summed E-state index contributed by atoms with van der Waals surface area (Å²) in [6, 6.07) is 11.0. The molecule has 0 saturated heterocycles. The van der Waals surface area contributed by atoms with Gasteiger partial charge in [0.25, 0.3) is 5.91 Å². The van der Waals surface area contributed by atoms with Gasteiger partial charge in [0.15, 0.2) is 5.76 Å². The topological polar surface area (TPSA) is 68.7 Å². The Morgan fingerprint density at radius 1 is 1.25 bits per heavy atom. The van der Waals surface area contributed by atoms with Crippen LogP contribution in [-0.4, -0.2) is 30.9 Å². The zero-order valence-electron chi connectivity index (χ0n) is 14.2. The molecule has 1 aromatic carbocycles. The van der Waals surface area contributed by atoms with Gasteiger partial charge < -0.3 is 19.8 Å². The molecule has 0 saturated carbocycles. The lowest BCUT2D eigenvalue weighted by Crippen LogP contribution is -2.39. The molecule has 1 amide bonds. The molecule has 2 N–H and O–H groups in total. The Morgan fingerprint density at radius 2 is 1.92 bits per heavy atom. The summed E-state index contributed by atoms with van der Waals surface area (Å²) >= 11 is 3.38. The smallest absolute Gasteiger partial charge is 0.289 e. The van der Waals surface area contributed by atoms with Crippen molar-refractivity contribution in [1.29, 1.82) is 0 Å². The van der Waals surface area contributed by atoms with Crippen LogP contribution < -0.4 is 10.5 Å². The van der Waals surface area contributed by atoms with Crippen LogP contribution in [0.25, 0.3) is 0 Å². The van der Waals surface area contributed by atoms with E-state index in [0.29, 0.717) is 24.6 Å². The minimum Gasteiger partial charge on any atom is -0.486 e. The molecule has 0 radical (unpaired) electrons. The molecule has 1 aromatic heterocycles. The van der Waals surface area contributed by atoms with E-state index >= 15 is 0 Å². The first-order valence-electron chi connectivity index (χ1n) is 7.73. The third kappa shape index (κ3) is 5.11. The van der Waals surface area contributed by atoms with Crippen LogP contribution >= 0.6 is 15.9 Å². The Morgan fingerprint density at radius 3 is 2.54 bits per heavy atom. The van der Waals surface area contributed by atoms with Gasteiger partial charge in [-0.05, 0) is 48.4 Å². The molecular weight excluding hydrogens is 372 g/mol. The molecule has 0 unspecified atom stereocenters. The SMILES string of the molecule is CN(CC(C)(C)CN)C(=O)c1ccc(COc2ccc(Br)cc2)o1. The van der Waals surface area contributed by atoms with Gasteiger partial charge in [0.2, 0.25) is 0 Å². The van der Waals surface area contributed by atoms with E-state index in [9.17, 15) is 4.79 Å². The number of hydrogen-bond acceptors (Lipinski definition) is 4. The first-order valence-corrected chi connectivity index (χ1v) is 8.53. The van der Waals surface area contributed by atoms with Gasteiger partial charge in [-0.3, -0.25) is 4.79 Å². The highest BCUT2D eigenvalue weighted by Crippen LogP contribution is 2.19. The summed E-state index contributed by atoms with van der Waals surface area (Å²) in [5.74, 6) is 1.49. The van der Waals surface area contributed by atoms with Crippen molar-refractivity contribution in [2.45, 2.75) is 20.5 Å². The molecule has 6 heteroatoms. The zero-order chi connectivity index (χ0) is 17.7. The predicted molar refractivity (Wildman–Crippen MR) is 97.0 cm³/mol. The van der Waals surface area contributed by atoms with Crippen molar-refractivity contribution in [1.82, 2.24) is 4.90 Å². The predicted octanol–water partition coefficient (Wildman–Crippen LogP) is 3.68. The molecule has 24 heavy (non-hydrogen) atoms. The molecule has 0 spiro atoms. The summed E-state index contributed by atoms with van der Waals surface area (Å²) < 4.78 is 12.2. The molecule has 0 bridgehead atoms. The van der Waals surface area contributed by atoms with E-state index in [4.69, 9.17) is 14.9 Å². The maximum absolute atomic E-state index is 12.4. The highest BCUT2D eigenvalue weighted by Gasteiger charge is 2.23. The molecule has 0 atom stereocenters. The number of benzene rings is 1. The number of rotatable bonds is 7. The number of nitrogens with zero attached hydrogens (tertiary/aromatic N) is 1. The Bertz CT molecular complexity index is 680. The van der Waals surface area contributed by atoms with E-state index in [-0.39, 0.29) is 17.9 Å². The minimum absolute atomic E-state index is 0.134. The molecule has 2 rings (SSSR count). The number of carbonyl (C=O) groups excluding carboxylic acids is 1. The number of carbonyl (C=O) groups is 1. The van der Waals surface area contributed by atoms with Crippen molar-refractivity contribution in [2.75, 3.05) is 20.1 Å². The molecule has 130 valence electrons. The van der Waals surface area contributed by atoms with Crippen molar-refractivity contribution in [2.24, 2.45) is 11.1 Å². The second-order valence-electron chi connectivity index (χ2n) is 6.54. The summed E-state index contributed by atoms with van der Waals surface area (Å²) in [6.45, 7) is 5.39. The number of halogens is 1. The maximum atomic E-state index is 12.4. The summed E-state index contributed by atoms with van der Waals surface area (Å²) in [6.07, 6.45) is 0. The van der Waals surface area contributed by atoms with Crippen LogP contribution in [-0.2, 0) is 6.61 Å². The average Bonchev–Trinajstić information content (AvgIpc) is 3.02. The molecule has 0 aliphatic heterocycles. The van der Waals surface area contributed by atoms with Crippen LogP contribution in [0.3, 0.4) is 0 Å². The summed E-state index contributed by atoms with van der Waals surface area (Å²) in [7, 11) is 1.75. The fourth-order valence-corrected chi connectivity index (χ4v) is 2.49. The fourth-order valence-electron chi connectivity index (χ4n) is 2.22. The van der Waals surface area contributed by atoms with E-state index in [2.05, 4.69) is 15.9 Å². The Labute approximate surface area is 150 Å². The number of furan rings is 1. The number of ether oxygens (including phenoxy) is 1. The number of amides is 1. The van der Waals surface area contributed by atoms with Gasteiger partial charge in [-0.2, -0.15) is 0 Å². The molecule has 0 aliphatic rings. The Hall–Kier alpha value is -1.79. The van der Waals surface area contributed by atoms with Crippen molar-refractivity contribution >= 4 is 21.8 Å². The number of nitrogens with two attached hydrogens (primary N) is 1. The highest BCUT2D eigenvalue weighted by atomic mass is 79.9. The summed E-state index contributed by atoms with van der Waals surface area (Å²) in [4.78, 5) is 14.0. The second kappa shape index (κ2) is 7.85. The lowest BCUT2D eigenvalue weighted by molar-refractivity contribution is 0.0705. The van der Waals surface area contributed by atoms with Gasteiger partial charge in [0.05, 0.1) is 0 Å². The van der Waals surface area contributed by atoms with E-state index in [1.54, 1.807) is 24.1 Å². The van der Waals surface area contributed by atoms with Crippen molar-refractivity contribution in [3.8, 4) is 5.75 Å². The second-order valence-corrected chi connectivity index (χ2v) is 7.45. The quantitative estimate of drug-likeness (QED) is 0.777. The van der Waals surface area contributed by atoms with Gasteiger partial charge in [-0.15, -0.1) is 0 Å². The third-order valence-electron chi connectivity index (χ3n) is 3.63. The van der Waals surface area contributed by atoms with Gasteiger partial charge in [0, 0.05) is 18.1 Å². The highest BCUT2D eigenvalue weighted by molar-refractivity contribution is 9.10. The fraction of sp³-hybridized carbons (Fsp3) is 0.389. The minimum atomic E-state index is -0.161.